The molecule has 0 radical (unpaired) electrons. The first-order chi connectivity index (χ1) is 18.2. The molecule has 0 aromatic carbocycles. The highest BCUT2D eigenvalue weighted by atomic mass is 19.4. The normalized spacial score (nSPS) is 22.1. The number of hydrogen-bond donors (Lipinski definition) is 2. The van der Waals surface area contributed by atoms with Crippen LogP contribution in [-0.2, 0) is 14.4 Å². The number of halogens is 6. The number of carbonyl (C=O) groups is 3. The van der Waals surface area contributed by atoms with E-state index in [1.54, 1.807) is 12.4 Å². The van der Waals surface area contributed by atoms with E-state index < -0.39 is 24.3 Å². The number of carboxylic acid groups (broad SMARTS) is 2. The van der Waals surface area contributed by atoms with Crippen LogP contribution >= 0.6 is 0 Å². The lowest BCUT2D eigenvalue weighted by Gasteiger charge is -2.52. The van der Waals surface area contributed by atoms with Crippen molar-refractivity contribution in [3.63, 3.8) is 0 Å². The Morgan fingerprint density at radius 3 is 1.87 bits per heavy atom. The number of nitrogens with zero attached hydrogens (tertiary/aromatic N) is 5. The topological polar surface area (TPSA) is 127 Å². The van der Waals surface area contributed by atoms with Gasteiger partial charge in [0.05, 0.1) is 5.54 Å². The monoisotopic (exact) mass is 571 g/mol. The fourth-order valence-electron chi connectivity index (χ4n) is 4.87. The Morgan fingerprint density at radius 1 is 0.846 bits per heavy atom. The van der Waals surface area contributed by atoms with Gasteiger partial charge in [0.15, 0.2) is 0 Å². The molecule has 1 unspecified atom stereocenters. The van der Waals surface area contributed by atoms with E-state index in [0.717, 1.165) is 57.8 Å². The van der Waals surface area contributed by atoms with Crippen molar-refractivity contribution in [2.24, 2.45) is 0 Å². The Kier molecular flexibility index (Phi) is 11.3. The first-order valence-electron chi connectivity index (χ1n) is 12.3. The second kappa shape index (κ2) is 13.8. The lowest BCUT2D eigenvalue weighted by atomic mass is 9.79. The number of carboxylic acids is 2. The van der Waals surface area contributed by atoms with Crippen molar-refractivity contribution in [3.05, 3.63) is 18.5 Å². The Balaban J connectivity index is 0.000000317. The summed E-state index contributed by atoms with van der Waals surface area (Å²) in [6.45, 7) is 6.15. The summed E-state index contributed by atoms with van der Waals surface area (Å²) in [5.74, 6) is -4.36. The molecule has 3 fully saturated rings. The minimum absolute atomic E-state index is 0.0213. The Morgan fingerprint density at radius 2 is 1.36 bits per heavy atom. The molecule has 1 atom stereocenters. The summed E-state index contributed by atoms with van der Waals surface area (Å²) < 4.78 is 63.5. The summed E-state index contributed by atoms with van der Waals surface area (Å²) in [5, 5.41) is 14.2. The summed E-state index contributed by atoms with van der Waals surface area (Å²) in [5.41, 5.74) is -0.0213. The molecule has 16 heteroatoms. The highest BCUT2D eigenvalue weighted by Crippen LogP contribution is 2.37. The van der Waals surface area contributed by atoms with E-state index in [1.807, 2.05) is 6.07 Å². The molecule has 0 bridgehead atoms. The van der Waals surface area contributed by atoms with Crippen molar-refractivity contribution in [2.75, 3.05) is 44.2 Å². The summed E-state index contributed by atoms with van der Waals surface area (Å²) in [7, 11) is 0. The minimum Gasteiger partial charge on any atom is -0.475 e. The summed E-state index contributed by atoms with van der Waals surface area (Å²) in [4.78, 5) is 46.5. The number of likely N-dealkylation sites (tertiary alicyclic amines) is 2. The van der Waals surface area contributed by atoms with Gasteiger partial charge in [-0.15, -0.1) is 0 Å². The largest absolute Gasteiger partial charge is 0.490 e. The Labute approximate surface area is 220 Å². The second-order valence-electron chi connectivity index (χ2n) is 9.35. The van der Waals surface area contributed by atoms with Gasteiger partial charge < -0.3 is 24.9 Å². The number of carbonyl (C=O) groups excluding carboxylic acids is 1. The summed E-state index contributed by atoms with van der Waals surface area (Å²) in [6, 6.07) is 1.86. The smallest absolute Gasteiger partial charge is 0.475 e. The zero-order valence-corrected chi connectivity index (χ0v) is 21.0. The van der Waals surface area contributed by atoms with E-state index in [1.165, 1.54) is 25.9 Å². The van der Waals surface area contributed by atoms with Crippen LogP contribution in [0.5, 0.6) is 0 Å². The molecule has 3 saturated heterocycles. The maximum atomic E-state index is 12.8. The van der Waals surface area contributed by atoms with Gasteiger partial charge in [-0.05, 0) is 57.7 Å². The van der Waals surface area contributed by atoms with Gasteiger partial charge in [0, 0.05) is 45.0 Å². The lowest BCUT2D eigenvalue weighted by molar-refractivity contribution is -0.193. The van der Waals surface area contributed by atoms with E-state index in [2.05, 4.69) is 24.7 Å². The second-order valence-corrected chi connectivity index (χ2v) is 9.35. The van der Waals surface area contributed by atoms with Gasteiger partial charge in [-0.2, -0.15) is 26.3 Å². The van der Waals surface area contributed by atoms with Crippen molar-refractivity contribution >= 4 is 23.8 Å². The molecule has 39 heavy (non-hydrogen) atoms. The predicted octanol–water partition coefficient (Wildman–Crippen LogP) is 3.19. The van der Waals surface area contributed by atoms with E-state index in [4.69, 9.17) is 19.8 Å². The van der Waals surface area contributed by atoms with Crippen LogP contribution in [0.25, 0.3) is 0 Å². The number of hydrogen-bond acceptors (Lipinski definition) is 7. The third-order valence-electron chi connectivity index (χ3n) is 6.62. The van der Waals surface area contributed by atoms with E-state index in [9.17, 15) is 31.1 Å². The number of aromatic nitrogens is 2. The average molecular weight is 572 g/mol. The van der Waals surface area contributed by atoms with Crippen molar-refractivity contribution in [1.29, 1.82) is 0 Å². The Bertz CT molecular complexity index is 931. The van der Waals surface area contributed by atoms with Crippen molar-refractivity contribution in [3.8, 4) is 0 Å². The van der Waals surface area contributed by atoms with Gasteiger partial charge in [0.1, 0.15) is 0 Å². The number of anilines is 1. The number of amides is 1. The molecule has 1 amide bonds. The van der Waals surface area contributed by atoms with Crippen molar-refractivity contribution in [1.82, 2.24) is 19.8 Å². The molecule has 4 heterocycles. The minimum atomic E-state index is -5.08. The predicted molar refractivity (Wildman–Crippen MR) is 125 cm³/mol. The fraction of sp³-hybridized carbons (Fsp3) is 0.696. The number of aliphatic carboxylic acids is 2. The van der Waals surface area contributed by atoms with Crippen molar-refractivity contribution < 1.29 is 50.9 Å². The summed E-state index contributed by atoms with van der Waals surface area (Å²) in [6.07, 6.45) is 1.11. The quantitative estimate of drug-likeness (QED) is 0.524. The lowest BCUT2D eigenvalue weighted by Crippen LogP contribution is -2.63. The third kappa shape index (κ3) is 9.82. The third-order valence-corrected chi connectivity index (χ3v) is 6.62. The van der Waals surface area contributed by atoms with Crippen LogP contribution in [0.3, 0.4) is 0 Å². The number of alkyl halides is 6. The zero-order chi connectivity index (χ0) is 29.3. The van der Waals surface area contributed by atoms with Crippen LogP contribution in [0, 0.1) is 0 Å². The average Bonchev–Trinajstić information content (AvgIpc) is 3.38. The molecule has 1 aromatic heterocycles. The molecular weight excluding hydrogens is 540 g/mol. The van der Waals surface area contributed by atoms with Gasteiger partial charge in [-0.1, -0.05) is 0 Å². The molecule has 1 aromatic rings. The van der Waals surface area contributed by atoms with E-state index in [-0.39, 0.29) is 5.54 Å². The van der Waals surface area contributed by atoms with Gasteiger partial charge in [-0.3, -0.25) is 4.79 Å². The molecule has 2 N–H and O–H groups in total. The van der Waals surface area contributed by atoms with Gasteiger partial charge in [0.25, 0.3) is 0 Å². The van der Waals surface area contributed by atoms with Crippen LogP contribution in [-0.4, -0.2) is 105 Å². The Hall–Kier alpha value is -3.17. The molecule has 220 valence electrons. The molecule has 0 aliphatic carbocycles. The van der Waals surface area contributed by atoms with Crippen LogP contribution < -0.4 is 4.90 Å². The first-order valence-corrected chi connectivity index (χ1v) is 12.3. The molecular formula is C23H31F6N5O5. The molecule has 10 nitrogen and oxygen atoms in total. The van der Waals surface area contributed by atoms with Crippen LogP contribution in [0.1, 0.15) is 44.9 Å². The van der Waals surface area contributed by atoms with E-state index in [0.29, 0.717) is 12.3 Å². The fourth-order valence-corrected chi connectivity index (χ4v) is 4.87. The van der Waals surface area contributed by atoms with Gasteiger partial charge >= 0.3 is 24.3 Å². The van der Waals surface area contributed by atoms with Crippen molar-refractivity contribution in [2.45, 2.75) is 62.8 Å². The van der Waals surface area contributed by atoms with Crippen LogP contribution in [0.2, 0.25) is 0 Å². The zero-order valence-electron chi connectivity index (χ0n) is 21.0. The molecule has 4 rings (SSSR count). The molecule has 3 aliphatic rings. The highest BCUT2D eigenvalue weighted by molar-refractivity contribution is 5.78. The van der Waals surface area contributed by atoms with Gasteiger partial charge in [-0.25, -0.2) is 19.6 Å². The maximum absolute atomic E-state index is 12.8. The number of piperidine rings is 2. The molecule has 0 saturated carbocycles. The standard InChI is InChI=1S/C19H29N5O.2C2HF3O2/c25-17-6-3-7-19(24(17)15-14-22-11-1-2-12-22)8-4-13-23(16-19)18-20-9-5-10-21-18;2*3-2(4,5)1(6)7/h5,9-10H,1-4,6-8,11-16H2;2*(H,6,7). The molecule has 1 spiro atoms. The first kappa shape index (κ1) is 32.0. The van der Waals surface area contributed by atoms with E-state index >= 15 is 0 Å². The maximum Gasteiger partial charge on any atom is 0.490 e. The highest BCUT2D eigenvalue weighted by Gasteiger charge is 2.45. The van der Waals surface area contributed by atoms with Crippen LogP contribution in [0.15, 0.2) is 18.5 Å². The number of rotatable bonds is 4. The van der Waals surface area contributed by atoms with Crippen LogP contribution in [0.4, 0.5) is 32.3 Å². The summed E-state index contributed by atoms with van der Waals surface area (Å²) >= 11 is 0. The van der Waals surface area contributed by atoms with Gasteiger partial charge in [0.2, 0.25) is 11.9 Å². The SMILES string of the molecule is O=C(O)C(F)(F)F.O=C(O)C(F)(F)F.O=C1CCCC2(CCCN(c3ncccn3)C2)N1CCN1CCCC1. The molecule has 3 aliphatic heterocycles.